The summed E-state index contributed by atoms with van der Waals surface area (Å²) in [6.07, 6.45) is 6.84. The van der Waals surface area contributed by atoms with Gasteiger partial charge in [0.15, 0.2) is 0 Å². The van der Waals surface area contributed by atoms with E-state index in [0.717, 1.165) is 42.2 Å². The Balaban J connectivity index is 1.33. The van der Waals surface area contributed by atoms with Crippen LogP contribution in [0.15, 0.2) is 84.0 Å². The molecule has 0 aromatic heterocycles. The minimum Gasteiger partial charge on any atom is -0.494 e. The van der Waals surface area contributed by atoms with Gasteiger partial charge in [0.05, 0.1) is 18.4 Å². The van der Waals surface area contributed by atoms with E-state index in [2.05, 4.69) is 78.7 Å². The molecule has 0 bridgehead atoms. The monoisotopic (exact) mass is 440 g/mol. The standard InChI is InChI=1S/C29H32N2O2/c1-2-3-4-5-11-20-32-24-18-16-23(17-19-24)29-31-27(25-14-9-10-15-28(25)33-29)21-26(30-31)22-12-7-6-8-13-22/h6-10,12-19,27,29H,2-5,11,20-21H2,1H3. The molecule has 2 aliphatic rings. The summed E-state index contributed by atoms with van der Waals surface area (Å²) in [5, 5.41) is 7.17. The minimum absolute atomic E-state index is 0.175. The van der Waals surface area contributed by atoms with Gasteiger partial charge in [-0.3, -0.25) is 0 Å². The maximum absolute atomic E-state index is 6.47. The number of benzene rings is 3. The molecule has 33 heavy (non-hydrogen) atoms. The summed E-state index contributed by atoms with van der Waals surface area (Å²) in [6, 6.07) is 27.3. The number of fused-ring (bicyclic) bond motifs is 3. The van der Waals surface area contributed by atoms with Crippen LogP contribution in [0.25, 0.3) is 0 Å². The summed E-state index contributed by atoms with van der Waals surface area (Å²) in [5.74, 6) is 1.86. The molecule has 0 saturated carbocycles. The van der Waals surface area contributed by atoms with Crippen molar-refractivity contribution in [3.8, 4) is 11.5 Å². The number of hydrogen-bond acceptors (Lipinski definition) is 4. The van der Waals surface area contributed by atoms with Gasteiger partial charge >= 0.3 is 0 Å². The average molecular weight is 441 g/mol. The topological polar surface area (TPSA) is 34.1 Å². The van der Waals surface area contributed by atoms with E-state index in [1.165, 1.54) is 36.8 Å². The largest absolute Gasteiger partial charge is 0.494 e. The van der Waals surface area contributed by atoms with Crippen molar-refractivity contribution in [1.29, 1.82) is 0 Å². The van der Waals surface area contributed by atoms with Crippen molar-refractivity contribution in [2.75, 3.05) is 6.61 Å². The zero-order valence-corrected chi connectivity index (χ0v) is 19.3. The van der Waals surface area contributed by atoms with Crippen LogP contribution < -0.4 is 9.47 Å². The first-order chi connectivity index (χ1) is 16.3. The third-order valence-corrected chi connectivity index (χ3v) is 6.49. The molecule has 3 aromatic rings. The van der Waals surface area contributed by atoms with Crippen LogP contribution >= 0.6 is 0 Å². The molecular formula is C29H32N2O2. The molecule has 3 aromatic carbocycles. The predicted molar refractivity (Wildman–Crippen MR) is 133 cm³/mol. The molecule has 0 spiro atoms. The number of hydrazone groups is 1. The first-order valence-electron chi connectivity index (χ1n) is 12.2. The number of rotatable bonds is 9. The Morgan fingerprint density at radius 3 is 2.45 bits per heavy atom. The highest BCUT2D eigenvalue weighted by atomic mass is 16.5. The van der Waals surface area contributed by atoms with Crippen LogP contribution in [0, 0.1) is 0 Å². The van der Waals surface area contributed by atoms with Crippen molar-refractivity contribution in [2.24, 2.45) is 5.10 Å². The minimum atomic E-state index is -0.255. The van der Waals surface area contributed by atoms with Crippen molar-refractivity contribution in [2.45, 2.75) is 57.7 Å². The van der Waals surface area contributed by atoms with E-state index < -0.39 is 0 Å². The molecule has 2 heterocycles. The molecule has 0 saturated heterocycles. The molecule has 5 rings (SSSR count). The Hall–Kier alpha value is -3.27. The van der Waals surface area contributed by atoms with Crippen LogP contribution in [0.3, 0.4) is 0 Å². The number of ether oxygens (including phenoxy) is 2. The lowest BCUT2D eigenvalue weighted by Crippen LogP contribution is -2.33. The molecule has 0 radical (unpaired) electrons. The fourth-order valence-corrected chi connectivity index (χ4v) is 4.68. The lowest BCUT2D eigenvalue weighted by atomic mass is 9.96. The highest BCUT2D eigenvalue weighted by molar-refractivity contribution is 6.01. The van der Waals surface area contributed by atoms with Crippen LogP contribution in [-0.2, 0) is 0 Å². The predicted octanol–water partition coefficient (Wildman–Crippen LogP) is 7.28. The van der Waals surface area contributed by atoms with Gasteiger partial charge in [0.25, 0.3) is 0 Å². The third kappa shape index (κ3) is 4.75. The van der Waals surface area contributed by atoms with E-state index in [4.69, 9.17) is 14.6 Å². The maximum Gasteiger partial charge on any atom is 0.213 e. The normalized spacial score (nSPS) is 18.8. The fourth-order valence-electron chi connectivity index (χ4n) is 4.68. The first-order valence-corrected chi connectivity index (χ1v) is 12.2. The van der Waals surface area contributed by atoms with Gasteiger partial charge in [-0.05, 0) is 42.3 Å². The molecule has 2 atom stereocenters. The Labute approximate surface area is 196 Å². The smallest absolute Gasteiger partial charge is 0.213 e. The van der Waals surface area contributed by atoms with Gasteiger partial charge in [0.1, 0.15) is 11.5 Å². The Morgan fingerprint density at radius 1 is 0.879 bits per heavy atom. The van der Waals surface area contributed by atoms with Gasteiger partial charge in [-0.2, -0.15) is 5.10 Å². The molecule has 0 aliphatic carbocycles. The second-order valence-electron chi connectivity index (χ2n) is 8.85. The molecule has 0 N–H and O–H groups in total. The van der Waals surface area contributed by atoms with E-state index >= 15 is 0 Å². The number of para-hydroxylation sites is 1. The molecule has 0 fully saturated rings. The van der Waals surface area contributed by atoms with Gasteiger partial charge in [-0.1, -0.05) is 81.1 Å². The number of hydrogen-bond donors (Lipinski definition) is 0. The Kier molecular flexibility index (Phi) is 6.61. The summed E-state index contributed by atoms with van der Waals surface area (Å²) in [7, 11) is 0. The van der Waals surface area contributed by atoms with Gasteiger partial charge in [-0.25, -0.2) is 5.01 Å². The van der Waals surface area contributed by atoms with Crippen molar-refractivity contribution in [3.63, 3.8) is 0 Å². The van der Waals surface area contributed by atoms with E-state index in [9.17, 15) is 0 Å². The second kappa shape index (κ2) is 10.1. The van der Waals surface area contributed by atoms with Gasteiger partial charge in [-0.15, -0.1) is 0 Å². The van der Waals surface area contributed by atoms with Crippen molar-refractivity contribution in [1.82, 2.24) is 5.01 Å². The van der Waals surface area contributed by atoms with Crippen LogP contribution in [0.4, 0.5) is 0 Å². The van der Waals surface area contributed by atoms with E-state index in [1.54, 1.807) is 0 Å². The van der Waals surface area contributed by atoms with E-state index in [0.29, 0.717) is 0 Å². The average Bonchev–Trinajstić information content (AvgIpc) is 3.33. The quantitative estimate of drug-likeness (QED) is 0.328. The zero-order chi connectivity index (χ0) is 22.5. The van der Waals surface area contributed by atoms with Crippen molar-refractivity contribution in [3.05, 3.63) is 95.6 Å². The highest BCUT2D eigenvalue weighted by Crippen LogP contribution is 2.47. The second-order valence-corrected chi connectivity index (χ2v) is 8.85. The lowest BCUT2D eigenvalue weighted by molar-refractivity contribution is -0.0190. The Bertz CT molecular complexity index is 1080. The maximum atomic E-state index is 6.47. The molecule has 170 valence electrons. The third-order valence-electron chi connectivity index (χ3n) is 6.49. The lowest BCUT2D eigenvalue weighted by Gasteiger charge is -2.38. The summed E-state index contributed by atoms with van der Waals surface area (Å²) in [5.41, 5.74) is 4.56. The van der Waals surface area contributed by atoms with Crippen LogP contribution in [-0.4, -0.2) is 17.3 Å². The SMILES string of the molecule is CCCCCCCOc1ccc(C2Oc3ccccc3C3CC(c4ccccc4)=NN32)cc1. The van der Waals surface area contributed by atoms with Gasteiger partial charge in [0, 0.05) is 17.5 Å². The number of nitrogens with zero attached hydrogens (tertiary/aromatic N) is 2. The molecule has 0 amide bonds. The summed E-state index contributed by atoms with van der Waals surface area (Å²) >= 11 is 0. The highest BCUT2D eigenvalue weighted by Gasteiger charge is 2.40. The molecule has 2 unspecified atom stereocenters. The first kappa shape index (κ1) is 21.6. The summed E-state index contributed by atoms with van der Waals surface area (Å²) in [6.45, 7) is 3.01. The van der Waals surface area contributed by atoms with E-state index in [-0.39, 0.29) is 12.3 Å². The fraction of sp³-hybridized carbons (Fsp3) is 0.345. The summed E-state index contributed by atoms with van der Waals surface area (Å²) in [4.78, 5) is 0. The van der Waals surface area contributed by atoms with Crippen LogP contribution in [0.2, 0.25) is 0 Å². The zero-order valence-electron chi connectivity index (χ0n) is 19.3. The molecular weight excluding hydrogens is 408 g/mol. The molecule has 4 nitrogen and oxygen atoms in total. The number of unbranched alkanes of at least 4 members (excludes halogenated alkanes) is 4. The molecule has 4 heteroatoms. The Morgan fingerprint density at radius 2 is 1.64 bits per heavy atom. The van der Waals surface area contributed by atoms with Crippen LogP contribution in [0.1, 0.15) is 74.4 Å². The van der Waals surface area contributed by atoms with Crippen LogP contribution in [0.5, 0.6) is 11.5 Å². The van der Waals surface area contributed by atoms with E-state index in [1.807, 2.05) is 12.1 Å². The van der Waals surface area contributed by atoms with Gasteiger partial charge in [0.2, 0.25) is 6.23 Å². The van der Waals surface area contributed by atoms with Crippen molar-refractivity contribution < 1.29 is 9.47 Å². The van der Waals surface area contributed by atoms with Gasteiger partial charge < -0.3 is 9.47 Å². The molecule has 2 aliphatic heterocycles. The summed E-state index contributed by atoms with van der Waals surface area (Å²) < 4.78 is 12.4. The van der Waals surface area contributed by atoms with Crippen molar-refractivity contribution >= 4 is 5.71 Å².